The molecule has 1 atom stereocenters. The number of anilines is 1. The van der Waals surface area contributed by atoms with Crippen molar-refractivity contribution in [2.45, 2.75) is 18.8 Å². The number of hydrogen-bond donors (Lipinski definition) is 0. The molecule has 2 aromatic rings. The van der Waals surface area contributed by atoms with Crippen LogP contribution in [0.25, 0.3) is 0 Å². The SMILES string of the molecule is COc1ccc(N2CCN(CCC3CCOc4ccccc43)CC2)cc1OC. The van der Waals surface area contributed by atoms with Crippen LogP contribution < -0.4 is 19.1 Å². The van der Waals surface area contributed by atoms with E-state index in [0.717, 1.165) is 63.0 Å². The Labute approximate surface area is 167 Å². The normalized spacial score (nSPS) is 19.6. The number of methoxy groups -OCH3 is 2. The van der Waals surface area contributed by atoms with E-state index in [9.17, 15) is 0 Å². The molecule has 0 N–H and O–H groups in total. The van der Waals surface area contributed by atoms with Crippen molar-refractivity contribution in [1.29, 1.82) is 0 Å². The van der Waals surface area contributed by atoms with E-state index in [1.54, 1.807) is 14.2 Å². The van der Waals surface area contributed by atoms with Gasteiger partial charge in [0.25, 0.3) is 0 Å². The Kier molecular flexibility index (Phi) is 5.91. The molecule has 2 aliphatic rings. The molecule has 0 aromatic heterocycles. The average Bonchev–Trinajstić information content (AvgIpc) is 2.77. The van der Waals surface area contributed by atoms with Crippen LogP contribution in [0.1, 0.15) is 24.3 Å². The molecule has 4 rings (SSSR count). The lowest BCUT2D eigenvalue weighted by Crippen LogP contribution is -2.46. The number of piperazine rings is 1. The molecule has 2 heterocycles. The van der Waals surface area contributed by atoms with Crippen LogP contribution in [0.2, 0.25) is 0 Å². The summed E-state index contributed by atoms with van der Waals surface area (Å²) >= 11 is 0. The minimum atomic E-state index is 0.619. The Morgan fingerprint density at radius 3 is 2.54 bits per heavy atom. The van der Waals surface area contributed by atoms with Gasteiger partial charge in [-0.05, 0) is 49.1 Å². The predicted molar refractivity (Wildman–Crippen MR) is 112 cm³/mol. The number of benzene rings is 2. The summed E-state index contributed by atoms with van der Waals surface area (Å²) in [7, 11) is 3.36. The summed E-state index contributed by atoms with van der Waals surface area (Å²) in [6.45, 7) is 6.27. The largest absolute Gasteiger partial charge is 0.493 e. The molecule has 5 heteroatoms. The van der Waals surface area contributed by atoms with Crippen molar-refractivity contribution in [2.75, 3.05) is 58.5 Å². The highest BCUT2D eigenvalue weighted by Gasteiger charge is 2.23. The molecule has 0 aliphatic carbocycles. The zero-order valence-corrected chi connectivity index (χ0v) is 16.9. The second kappa shape index (κ2) is 8.74. The molecule has 0 bridgehead atoms. The molecule has 0 amide bonds. The van der Waals surface area contributed by atoms with E-state index in [2.05, 4.69) is 46.2 Å². The van der Waals surface area contributed by atoms with Gasteiger partial charge < -0.3 is 19.1 Å². The highest BCUT2D eigenvalue weighted by atomic mass is 16.5. The molecule has 150 valence electrons. The fraction of sp³-hybridized carbons (Fsp3) is 0.478. The van der Waals surface area contributed by atoms with Crippen molar-refractivity contribution >= 4 is 5.69 Å². The fourth-order valence-corrected chi connectivity index (χ4v) is 4.31. The summed E-state index contributed by atoms with van der Waals surface area (Å²) in [6, 6.07) is 14.7. The molecule has 28 heavy (non-hydrogen) atoms. The maximum atomic E-state index is 5.80. The standard InChI is InChI=1S/C23H30N2O3/c1-26-22-8-7-19(17-23(22)27-2)25-14-12-24(13-15-25)11-9-18-10-16-28-21-6-4-3-5-20(18)21/h3-8,17-18H,9-16H2,1-2H3. The Morgan fingerprint density at radius 1 is 0.964 bits per heavy atom. The molecule has 1 fully saturated rings. The number of hydrogen-bond acceptors (Lipinski definition) is 5. The van der Waals surface area contributed by atoms with Crippen LogP contribution in [-0.4, -0.2) is 58.5 Å². The van der Waals surface area contributed by atoms with Crippen LogP contribution >= 0.6 is 0 Å². The summed E-state index contributed by atoms with van der Waals surface area (Å²) < 4.78 is 16.6. The van der Waals surface area contributed by atoms with E-state index in [1.807, 2.05) is 6.07 Å². The first kappa shape index (κ1) is 18.9. The number of para-hydroxylation sites is 1. The molecule has 0 spiro atoms. The maximum absolute atomic E-state index is 5.80. The van der Waals surface area contributed by atoms with Crippen molar-refractivity contribution < 1.29 is 14.2 Å². The second-order valence-corrected chi connectivity index (χ2v) is 7.53. The zero-order valence-electron chi connectivity index (χ0n) is 16.9. The molecule has 5 nitrogen and oxygen atoms in total. The quantitative estimate of drug-likeness (QED) is 0.760. The highest BCUT2D eigenvalue weighted by Crippen LogP contribution is 2.36. The predicted octanol–water partition coefficient (Wildman–Crippen LogP) is 3.78. The monoisotopic (exact) mass is 382 g/mol. The first-order valence-electron chi connectivity index (χ1n) is 10.2. The fourth-order valence-electron chi connectivity index (χ4n) is 4.31. The van der Waals surface area contributed by atoms with Crippen LogP contribution in [0, 0.1) is 0 Å². The summed E-state index contributed by atoms with van der Waals surface area (Å²) in [5.74, 6) is 3.27. The van der Waals surface area contributed by atoms with E-state index >= 15 is 0 Å². The third-order valence-electron chi connectivity index (χ3n) is 5.98. The Bertz CT molecular complexity index is 787. The third-order valence-corrected chi connectivity index (χ3v) is 5.98. The lowest BCUT2D eigenvalue weighted by atomic mass is 9.90. The lowest BCUT2D eigenvalue weighted by molar-refractivity contribution is 0.223. The van der Waals surface area contributed by atoms with Gasteiger partial charge in [-0.2, -0.15) is 0 Å². The summed E-state index contributed by atoms with van der Waals surface area (Å²) in [5.41, 5.74) is 2.59. The van der Waals surface area contributed by atoms with Crippen molar-refractivity contribution in [2.24, 2.45) is 0 Å². The van der Waals surface area contributed by atoms with Gasteiger partial charge >= 0.3 is 0 Å². The van der Waals surface area contributed by atoms with E-state index in [-0.39, 0.29) is 0 Å². The number of fused-ring (bicyclic) bond motifs is 1. The van der Waals surface area contributed by atoms with Gasteiger partial charge in [-0.3, -0.25) is 4.90 Å². The van der Waals surface area contributed by atoms with Gasteiger partial charge in [-0.25, -0.2) is 0 Å². The van der Waals surface area contributed by atoms with Crippen LogP contribution in [0.3, 0.4) is 0 Å². The molecule has 1 saturated heterocycles. The lowest BCUT2D eigenvalue weighted by Gasteiger charge is -2.37. The minimum Gasteiger partial charge on any atom is -0.493 e. The van der Waals surface area contributed by atoms with Crippen LogP contribution in [0.4, 0.5) is 5.69 Å². The summed E-state index contributed by atoms with van der Waals surface area (Å²) in [4.78, 5) is 5.03. The van der Waals surface area contributed by atoms with E-state index in [1.165, 1.54) is 17.7 Å². The van der Waals surface area contributed by atoms with Crippen molar-refractivity contribution in [3.63, 3.8) is 0 Å². The number of ether oxygens (including phenoxy) is 3. The van der Waals surface area contributed by atoms with Gasteiger partial charge in [-0.15, -0.1) is 0 Å². The number of nitrogens with zero attached hydrogens (tertiary/aromatic N) is 2. The van der Waals surface area contributed by atoms with Gasteiger partial charge in [-0.1, -0.05) is 18.2 Å². The van der Waals surface area contributed by atoms with E-state index < -0.39 is 0 Å². The number of rotatable bonds is 6. The van der Waals surface area contributed by atoms with Crippen LogP contribution in [-0.2, 0) is 0 Å². The third kappa shape index (κ3) is 4.04. The topological polar surface area (TPSA) is 34.2 Å². The van der Waals surface area contributed by atoms with Gasteiger partial charge in [0.2, 0.25) is 0 Å². The Morgan fingerprint density at radius 2 is 1.75 bits per heavy atom. The van der Waals surface area contributed by atoms with E-state index in [4.69, 9.17) is 14.2 Å². The average molecular weight is 383 g/mol. The van der Waals surface area contributed by atoms with Gasteiger partial charge in [0.05, 0.1) is 20.8 Å². The molecular formula is C23H30N2O3. The maximum Gasteiger partial charge on any atom is 0.162 e. The van der Waals surface area contributed by atoms with Crippen LogP contribution in [0.15, 0.2) is 42.5 Å². The van der Waals surface area contributed by atoms with Gasteiger partial charge in [0.1, 0.15) is 5.75 Å². The Balaban J connectivity index is 1.31. The van der Waals surface area contributed by atoms with Crippen molar-refractivity contribution in [3.05, 3.63) is 48.0 Å². The summed E-state index contributed by atoms with van der Waals surface area (Å²) in [6.07, 6.45) is 2.33. The van der Waals surface area contributed by atoms with Crippen molar-refractivity contribution in [1.82, 2.24) is 4.90 Å². The van der Waals surface area contributed by atoms with Crippen LogP contribution in [0.5, 0.6) is 17.2 Å². The van der Waals surface area contributed by atoms with Gasteiger partial charge in [0, 0.05) is 37.9 Å². The molecule has 2 aliphatic heterocycles. The summed E-state index contributed by atoms with van der Waals surface area (Å²) in [5, 5.41) is 0. The zero-order chi connectivity index (χ0) is 19.3. The molecule has 2 aromatic carbocycles. The first-order chi connectivity index (χ1) is 13.8. The Hall–Kier alpha value is -2.40. The first-order valence-corrected chi connectivity index (χ1v) is 10.2. The minimum absolute atomic E-state index is 0.619. The van der Waals surface area contributed by atoms with Crippen molar-refractivity contribution in [3.8, 4) is 17.2 Å². The highest BCUT2D eigenvalue weighted by molar-refractivity contribution is 5.56. The molecular weight excluding hydrogens is 352 g/mol. The molecule has 1 unspecified atom stereocenters. The van der Waals surface area contributed by atoms with E-state index in [0.29, 0.717) is 5.92 Å². The molecule has 0 saturated carbocycles. The second-order valence-electron chi connectivity index (χ2n) is 7.53. The molecule has 0 radical (unpaired) electrons. The van der Waals surface area contributed by atoms with Gasteiger partial charge in [0.15, 0.2) is 11.5 Å². The smallest absolute Gasteiger partial charge is 0.162 e.